The second-order valence-electron chi connectivity index (χ2n) is 3.02. The van der Waals surface area contributed by atoms with E-state index in [1.54, 1.807) is 6.92 Å². The molecule has 2 nitrogen and oxygen atoms in total. The van der Waals surface area contributed by atoms with Crippen molar-refractivity contribution >= 4 is 5.78 Å². The summed E-state index contributed by atoms with van der Waals surface area (Å²) >= 11 is 0. The van der Waals surface area contributed by atoms with E-state index in [2.05, 4.69) is 0 Å². The largest absolute Gasteiger partial charge is 0.402 e. The van der Waals surface area contributed by atoms with Crippen LogP contribution in [0, 0.1) is 0 Å². The van der Waals surface area contributed by atoms with Crippen molar-refractivity contribution in [3.05, 3.63) is 47.7 Å². The van der Waals surface area contributed by atoms with E-state index in [1.807, 2.05) is 30.3 Å². The highest BCUT2D eigenvalue weighted by molar-refractivity contribution is 5.91. The smallest absolute Gasteiger partial charge is 0.161 e. The summed E-state index contributed by atoms with van der Waals surface area (Å²) in [6, 6.07) is 9.62. The van der Waals surface area contributed by atoms with Gasteiger partial charge in [0.1, 0.15) is 0 Å². The molecule has 0 aromatic heterocycles. The highest BCUT2D eigenvalue weighted by Crippen LogP contribution is 2.00. The predicted molar refractivity (Wildman–Crippen MR) is 53.1 cm³/mol. The Morgan fingerprint density at radius 1 is 1.38 bits per heavy atom. The Labute approximate surface area is 78.1 Å². The molecule has 2 N–H and O–H groups in total. The molecule has 0 unspecified atom stereocenters. The number of nitrogens with two attached hydrogens (primary N) is 1. The average Bonchev–Trinajstić information content (AvgIpc) is 2.04. The molecule has 0 aliphatic carbocycles. The molecule has 1 rings (SSSR count). The van der Waals surface area contributed by atoms with Gasteiger partial charge in [-0.1, -0.05) is 30.3 Å². The lowest BCUT2D eigenvalue weighted by Gasteiger charge is -1.96. The van der Waals surface area contributed by atoms with Crippen molar-refractivity contribution in [2.75, 3.05) is 0 Å². The number of hydrogen-bond acceptors (Lipinski definition) is 2. The van der Waals surface area contributed by atoms with E-state index in [4.69, 9.17) is 5.73 Å². The Kier molecular flexibility index (Phi) is 3.26. The van der Waals surface area contributed by atoms with Gasteiger partial charge in [-0.15, -0.1) is 0 Å². The second kappa shape index (κ2) is 4.45. The Bertz CT molecular complexity index is 310. The molecule has 0 aliphatic rings. The van der Waals surface area contributed by atoms with Crippen LogP contribution in [0.5, 0.6) is 0 Å². The normalized spacial score (nSPS) is 11.3. The van der Waals surface area contributed by atoms with Crippen molar-refractivity contribution < 1.29 is 4.79 Å². The Morgan fingerprint density at radius 3 is 2.54 bits per heavy atom. The minimum absolute atomic E-state index is 0.0474. The van der Waals surface area contributed by atoms with E-state index in [1.165, 1.54) is 6.08 Å². The SMILES string of the molecule is CC(N)=CC(=O)Cc1ccccc1. The fourth-order valence-electron chi connectivity index (χ4n) is 1.10. The topological polar surface area (TPSA) is 43.1 Å². The van der Waals surface area contributed by atoms with Crippen molar-refractivity contribution in [3.8, 4) is 0 Å². The number of carbonyl (C=O) groups excluding carboxylic acids is 1. The second-order valence-corrected chi connectivity index (χ2v) is 3.02. The molecule has 1 aromatic carbocycles. The standard InChI is InChI=1S/C11H13NO/c1-9(12)7-11(13)8-10-5-3-2-4-6-10/h2-7H,8,12H2,1H3. The van der Waals surface area contributed by atoms with E-state index in [9.17, 15) is 4.79 Å². The van der Waals surface area contributed by atoms with Crippen molar-refractivity contribution in [2.45, 2.75) is 13.3 Å². The molecule has 0 fully saturated rings. The molecule has 1 aromatic rings. The average molecular weight is 175 g/mol. The van der Waals surface area contributed by atoms with Gasteiger partial charge in [-0.2, -0.15) is 0 Å². The van der Waals surface area contributed by atoms with Gasteiger partial charge in [0.15, 0.2) is 5.78 Å². The maximum absolute atomic E-state index is 11.3. The molecular formula is C11H13NO. The molecule has 0 radical (unpaired) electrons. The third-order valence-electron chi connectivity index (χ3n) is 1.61. The lowest BCUT2D eigenvalue weighted by molar-refractivity contribution is -0.114. The summed E-state index contributed by atoms with van der Waals surface area (Å²) in [6.45, 7) is 1.71. The highest BCUT2D eigenvalue weighted by Gasteiger charge is 1.98. The first-order valence-corrected chi connectivity index (χ1v) is 4.19. The molecule has 2 heteroatoms. The Morgan fingerprint density at radius 2 is 2.00 bits per heavy atom. The molecule has 0 saturated heterocycles. The first-order chi connectivity index (χ1) is 6.18. The van der Waals surface area contributed by atoms with Gasteiger partial charge in [-0.05, 0) is 18.6 Å². The number of ketones is 1. The first-order valence-electron chi connectivity index (χ1n) is 4.19. The summed E-state index contributed by atoms with van der Waals surface area (Å²) in [5.74, 6) is 0.0474. The fourth-order valence-corrected chi connectivity index (χ4v) is 1.10. The zero-order valence-electron chi connectivity index (χ0n) is 7.66. The van der Waals surface area contributed by atoms with Crippen molar-refractivity contribution in [1.29, 1.82) is 0 Å². The van der Waals surface area contributed by atoms with Gasteiger partial charge < -0.3 is 5.73 Å². The first kappa shape index (κ1) is 9.52. The minimum atomic E-state index is 0.0474. The van der Waals surface area contributed by atoms with Crippen LogP contribution in [0.4, 0.5) is 0 Å². The number of carbonyl (C=O) groups is 1. The third-order valence-corrected chi connectivity index (χ3v) is 1.61. The summed E-state index contributed by atoms with van der Waals surface area (Å²) in [5, 5.41) is 0. The molecular weight excluding hydrogens is 162 g/mol. The van der Waals surface area contributed by atoms with Gasteiger partial charge in [0.05, 0.1) is 0 Å². The fraction of sp³-hybridized carbons (Fsp3) is 0.182. The molecule has 0 heterocycles. The van der Waals surface area contributed by atoms with Crippen molar-refractivity contribution in [3.63, 3.8) is 0 Å². The number of hydrogen-bond donors (Lipinski definition) is 1. The van der Waals surface area contributed by atoms with Crippen LogP contribution in [-0.2, 0) is 11.2 Å². The maximum atomic E-state index is 11.3. The van der Waals surface area contributed by atoms with Crippen LogP contribution >= 0.6 is 0 Å². The van der Waals surface area contributed by atoms with Crippen molar-refractivity contribution in [1.82, 2.24) is 0 Å². The van der Waals surface area contributed by atoms with Crippen LogP contribution in [-0.4, -0.2) is 5.78 Å². The number of benzene rings is 1. The summed E-state index contributed by atoms with van der Waals surface area (Å²) in [6.07, 6.45) is 1.89. The molecule has 68 valence electrons. The van der Waals surface area contributed by atoms with E-state index in [0.717, 1.165) is 5.56 Å². The summed E-state index contributed by atoms with van der Waals surface area (Å²) in [5.41, 5.74) is 6.96. The van der Waals surface area contributed by atoms with E-state index in [0.29, 0.717) is 12.1 Å². The van der Waals surface area contributed by atoms with Gasteiger partial charge in [0, 0.05) is 12.1 Å². The summed E-state index contributed by atoms with van der Waals surface area (Å²) in [7, 11) is 0. The lowest BCUT2D eigenvalue weighted by Crippen LogP contribution is -2.02. The van der Waals surface area contributed by atoms with Crippen LogP contribution in [0.15, 0.2) is 42.1 Å². The Hall–Kier alpha value is -1.57. The van der Waals surface area contributed by atoms with Crippen LogP contribution < -0.4 is 5.73 Å². The van der Waals surface area contributed by atoms with Gasteiger partial charge in [0.2, 0.25) is 0 Å². The van der Waals surface area contributed by atoms with Crippen LogP contribution in [0.1, 0.15) is 12.5 Å². The molecule has 0 bridgehead atoms. The molecule has 0 atom stereocenters. The van der Waals surface area contributed by atoms with Gasteiger partial charge in [-0.25, -0.2) is 0 Å². The lowest BCUT2D eigenvalue weighted by atomic mass is 10.1. The molecule has 0 saturated carbocycles. The summed E-state index contributed by atoms with van der Waals surface area (Å²) in [4.78, 5) is 11.3. The number of rotatable bonds is 3. The van der Waals surface area contributed by atoms with E-state index < -0.39 is 0 Å². The predicted octanol–water partition coefficient (Wildman–Crippen LogP) is 1.66. The molecule has 0 amide bonds. The number of allylic oxidation sites excluding steroid dienone is 2. The van der Waals surface area contributed by atoms with Crippen LogP contribution in [0.25, 0.3) is 0 Å². The van der Waals surface area contributed by atoms with Gasteiger partial charge in [0.25, 0.3) is 0 Å². The molecule has 13 heavy (non-hydrogen) atoms. The quantitative estimate of drug-likeness (QED) is 0.710. The van der Waals surface area contributed by atoms with Crippen LogP contribution in [0.3, 0.4) is 0 Å². The van der Waals surface area contributed by atoms with Gasteiger partial charge >= 0.3 is 0 Å². The third kappa shape index (κ3) is 3.56. The monoisotopic (exact) mass is 175 g/mol. The zero-order valence-corrected chi connectivity index (χ0v) is 7.66. The molecule has 0 aliphatic heterocycles. The summed E-state index contributed by atoms with van der Waals surface area (Å²) < 4.78 is 0. The van der Waals surface area contributed by atoms with E-state index in [-0.39, 0.29) is 5.78 Å². The van der Waals surface area contributed by atoms with Crippen molar-refractivity contribution in [2.24, 2.45) is 5.73 Å². The molecule has 0 spiro atoms. The minimum Gasteiger partial charge on any atom is -0.402 e. The Balaban J connectivity index is 2.61. The highest BCUT2D eigenvalue weighted by atomic mass is 16.1. The van der Waals surface area contributed by atoms with Gasteiger partial charge in [-0.3, -0.25) is 4.79 Å². The maximum Gasteiger partial charge on any atom is 0.161 e. The van der Waals surface area contributed by atoms with Crippen LogP contribution in [0.2, 0.25) is 0 Å². The zero-order chi connectivity index (χ0) is 9.68. The van der Waals surface area contributed by atoms with E-state index >= 15 is 0 Å².